The second kappa shape index (κ2) is 33.0. The largest absolute Gasteiger partial charge is 0.462 e. The van der Waals surface area contributed by atoms with E-state index in [0.29, 0.717) is 6.42 Å². The SMILES string of the molecule is COC1C(CO)OC(OC2C(CO)OC(OC3C(CO)OC(OC4C(CO)OC(OC5C(CO)OC(OC6C(CO)OC(OC7C(CO)OC(Oc8ccc(CC9NC(=O)C(N)C9(C)C)cc8)C(O)C7O)C(OC)C6O)C(O)C5O)C(O)C4O)C(O)C3O)C(O)C2O)C(O)C1O. The maximum absolute atomic E-state index is 12.3. The van der Waals surface area contributed by atoms with Crippen LogP contribution < -0.4 is 15.8 Å². The number of methoxy groups -OCH3 is 2. The molecule has 23 N–H and O–H groups in total. The molecular formula is C57H92N2O37. The molecule has 37 unspecified atom stereocenters. The van der Waals surface area contributed by atoms with Crippen LogP contribution >= 0.6 is 0 Å². The van der Waals surface area contributed by atoms with E-state index in [1.165, 1.54) is 7.11 Å². The normalized spacial score (nSPS) is 48.5. The first kappa shape index (κ1) is 77.2. The van der Waals surface area contributed by atoms with E-state index in [1.807, 2.05) is 13.8 Å². The fourth-order valence-electron chi connectivity index (χ4n) is 13.0. The number of carbonyl (C=O) groups is 1. The van der Waals surface area contributed by atoms with Crippen LogP contribution in [-0.4, -0.2) is 396 Å². The van der Waals surface area contributed by atoms with E-state index < -0.39 is 273 Å². The number of benzene rings is 1. The molecule has 39 nitrogen and oxygen atoms in total. The highest BCUT2D eigenvalue weighted by Crippen LogP contribution is 2.39. The number of nitrogens with two attached hydrogens (primary N) is 1. The summed E-state index contributed by atoms with van der Waals surface area (Å²) in [4.78, 5) is 12.3. The molecular weight excluding hydrogens is 1300 g/mol. The molecule has 8 aliphatic heterocycles. The summed E-state index contributed by atoms with van der Waals surface area (Å²) >= 11 is 0. The predicted molar refractivity (Wildman–Crippen MR) is 304 cm³/mol. The van der Waals surface area contributed by atoms with Crippen molar-refractivity contribution in [3.63, 3.8) is 0 Å². The molecule has 0 spiro atoms. The third-order valence-electron chi connectivity index (χ3n) is 18.9. The monoisotopic (exact) mass is 1400 g/mol. The number of ether oxygens (including phenoxy) is 16. The van der Waals surface area contributed by atoms with Crippen molar-refractivity contribution in [3.05, 3.63) is 29.8 Å². The lowest BCUT2D eigenvalue weighted by Crippen LogP contribution is -2.68. The minimum atomic E-state index is -2.23. The maximum atomic E-state index is 12.3. The number of aliphatic hydroxyl groups is 20. The highest BCUT2D eigenvalue weighted by Gasteiger charge is 2.59. The lowest BCUT2D eigenvalue weighted by atomic mass is 9.79. The van der Waals surface area contributed by atoms with Gasteiger partial charge in [-0.25, -0.2) is 0 Å². The number of amides is 1. The minimum absolute atomic E-state index is 0.196. The summed E-state index contributed by atoms with van der Waals surface area (Å²) in [5.74, 6) is -0.0636. The molecule has 8 fully saturated rings. The van der Waals surface area contributed by atoms with Gasteiger partial charge < -0.3 is 189 Å². The zero-order valence-electron chi connectivity index (χ0n) is 52.3. The van der Waals surface area contributed by atoms with E-state index in [9.17, 15) is 107 Å². The molecule has 96 heavy (non-hydrogen) atoms. The molecule has 0 radical (unpaired) electrons. The molecule has 0 saturated carbocycles. The lowest BCUT2D eigenvalue weighted by Gasteiger charge is -2.50. The zero-order chi connectivity index (χ0) is 70.1. The number of nitrogens with one attached hydrogen (secondary N) is 1. The van der Waals surface area contributed by atoms with Crippen LogP contribution in [0.1, 0.15) is 19.4 Å². The van der Waals surface area contributed by atoms with Crippen LogP contribution in [0.15, 0.2) is 24.3 Å². The number of hydrogen-bond acceptors (Lipinski definition) is 38. The van der Waals surface area contributed by atoms with Crippen LogP contribution in [0.3, 0.4) is 0 Å². The molecule has 552 valence electrons. The Hall–Kier alpha value is -2.95. The summed E-state index contributed by atoms with van der Waals surface area (Å²) < 4.78 is 91.4. The molecule has 1 aromatic carbocycles. The van der Waals surface area contributed by atoms with Crippen LogP contribution in [-0.2, 0) is 82.3 Å². The molecule has 0 bridgehead atoms. The van der Waals surface area contributed by atoms with E-state index >= 15 is 0 Å². The van der Waals surface area contributed by atoms with Gasteiger partial charge >= 0.3 is 0 Å². The Kier molecular flexibility index (Phi) is 26.5. The van der Waals surface area contributed by atoms with Gasteiger partial charge in [-0.05, 0) is 24.1 Å². The van der Waals surface area contributed by atoms with E-state index in [-0.39, 0.29) is 17.7 Å². The minimum Gasteiger partial charge on any atom is -0.462 e. The first-order chi connectivity index (χ1) is 45.6. The number of hydrogen-bond donors (Lipinski definition) is 22. The van der Waals surface area contributed by atoms with E-state index in [0.717, 1.165) is 12.7 Å². The van der Waals surface area contributed by atoms with Crippen molar-refractivity contribution in [2.24, 2.45) is 11.1 Å². The fourth-order valence-corrected chi connectivity index (χ4v) is 13.0. The second-order valence-electron chi connectivity index (χ2n) is 25.3. The van der Waals surface area contributed by atoms with Crippen molar-refractivity contribution in [2.45, 2.75) is 247 Å². The van der Waals surface area contributed by atoms with Crippen LogP contribution in [0.25, 0.3) is 0 Å². The Morgan fingerprint density at radius 1 is 0.375 bits per heavy atom. The fraction of sp³-hybridized carbons (Fsp3) is 0.877. The average molecular weight is 1400 g/mol. The predicted octanol–water partition coefficient (Wildman–Crippen LogP) is -13.5. The van der Waals surface area contributed by atoms with Gasteiger partial charge in [-0.15, -0.1) is 0 Å². The first-order valence-corrected chi connectivity index (χ1v) is 31.1. The third kappa shape index (κ3) is 15.7. The highest BCUT2D eigenvalue weighted by atomic mass is 16.8. The Bertz CT molecular complexity index is 2570. The zero-order valence-corrected chi connectivity index (χ0v) is 52.3. The van der Waals surface area contributed by atoms with Gasteiger partial charge in [-0.2, -0.15) is 0 Å². The molecule has 1 amide bonds. The Labute approximate surface area is 547 Å². The summed E-state index contributed by atoms with van der Waals surface area (Å²) in [6.07, 6.45) is -63.7. The maximum Gasteiger partial charge on any atom is 0.237 e. The van der Waals surface area contributed by atoms with Crippen molar-refractivity contribution in [1.29, 1.82) is 0 Å². The van der Waals surface area contributed by atoms with E-state index in [1.54, 1.807) is 24.3 Å². The van der Waals surface area contributed by atoms with Gasteiger partial charge in [-0.1, -0.05) is 26.0 Å². The van der Waals surface area contributed by atoms with Crippen molar-refractivity contribution >= 4 is 5.91 Å². The summed E-state index contributed by atoms with van der Waals surface area (Å²) in [5.41, 5.74) is 6.37. The Balaban J connectivity index is 0.776. The first-order valence-electron chi connectivity index (χ1n) is 31.1. The third-order valence-corrected chi connectivity index (χ3v) is 18.9. The molecule has 0 aromatic heterocycles. The summed E-state index contributed by atoms with van der Waals surface area (Å²) in [7, 11) is 2.29. The smallest absolute Gasteiger partial charge is 0.237 e. The van der Waals surface area contributed by atoms with Gasteiger partial charge in [0.25, 0.3) is 0 Å². The Morgan fingerprint density at radius 2 is 0.635 bits per heavy atom. The summed E-state index contributed by atoms with van der Waals surface area (Å²) in [6, 6.07) is 5.65. The molecule has 39 heteroatoms. The summed E-state index contributed by atoms with van der Waals surface area (Å²) in [6.45, 7) is -2.80. The van der Waals surface area contributed by atoms with Crippen molar-refractivity contribution in [2.75, 3.05) is 60.5 Å². The Morgan fingerprint density at radius 3 is 0.927 bits per heavy atom. The van der Waals surface area contributed by atoms with Gasteiger partial charge in [0, 0.05) is 25.7 Å². The number of carbonyl (C=O) groups excluding carboxylic acids is 1. The van der Waals surface area contributed by atoms with Crippen molar-refractivity contribution in [1.82, 2.24) is 5.32 Å². The highest BCUT2D eigenvalue weighted by molar-refractivity contribution is 5.85. The molecule has 8 heterocycles. The molecule has 8 saturated heterocycles. The van der Waals surface area contributed by atoms with E-state index in [2.05, 4.69) is 5.32 Å². The van der Waals surface area contributed by atoms with Gasteiger partial charge in [0.2, 0.25) is 12.2 Å². The number of aliphatic hydroxyl groups excluding tert-OH is 20. The van der Waals surface area contributed by atoms with Gasteiger partial charge in [-0.3, -0.25) is 4.79 Å². The van der Waals surface area contributed by atoms with Crippen LogP contribution in [0, 0.1) is 5.41 Å². The van der Waals surface area contributed by atoms with Gasteiger partial charge in [0.1, 0.15) is 177 Å². The molecule has 0 aliphatic carbocycles. The van der Waals surface area contributed by atoms with Crippen molar-refractivity contribution in [3.8, 4) is 5.75 Å². The number of rotatable bonds is 25. The molecule has 1 aromatic rings. The molecule has 8 aliphatic rings. The van der Waals surface area contributed by atoms with Gasteiger partial charge in [0.15, 0.2) is 37.7 Å². The van der Waals surface area contributed by atoms with Crippen LogP contribution in [0.5, 0.6) is 5.75 Å². The topological polar surface area (TPSA) is 607 Å². The summed E-state index contributed by atoms with van der Waals surface area (Å²) in [5, 5.41) is 222. The average Bonchev–Trinajstić information content (AvgIpc) is 1.04. The standard InChI is InChI=1S/C57H92N2O37/c1-57(2)26(59-49(80)48(57)58)9-17-5-7-18(8-6-17)83-50-34(74)28(68)45(24(15-65)85-50)96-56-47(82-4)39(79)46(25(16-66)90-56)95-55-38(78)32(72)44(23(14-64)89-55)94-54-37(77)31(71)43(22(13-63)88-54)93-53-36(76)30(70)42(21(12-62)87-53)92-52-35(75)29(69)41(20(11-61)86-52)91-51-33(73)27(67)40(81-3)19(10-60)84-51/h5-8,19-48,50-56,60-79H,9-16,58H2,1-4H3,(H,59,80). The van der Waals surface area contributed by atoms with Crippen molar-refractivity contribution < 1.29 is 183 Å². The molecule has 9 rings (SSSR count). The quantitative estimate of drug-likeness (QED) is 0.0432. The van der Waals surface area contributed by atoms with Crippen LogP contribution in [0.4, 0.5) is 0 Å². The lowest BCUT2D eigenvalue weighted by molar-refractivity contribution is -0.398. The van der Waals surface area contributed by atoms with E-state index in [4.69, 9.17) is 81.5 Å². The second-order valence-corrected chi connectivity index (χ2v) is 25.3. The van der Waals surface area contributed by atoms with Gasteiger partial charge in [0.05, 0.1) is 52.3 Å². The molecule has 37 atom stereocenters. The van der Waals surface area contributed by atoms with Crippen LogP contribution in [0.2, 0.25) is 0 Å².